The van der Waals surface area contributed by atoms with Gasteiger partial charge in [-0.2, -0.15) is 0 Å². The summed E-state index contributed by atoms with van der Waals surface area (Å²) in [6.07, 6.45) is 0.952. The van der Waals surface area contributed by atoms with E-state index in [1.807, 2.05) is 30.3 Å². The maximum atomic E-state index is 5.74. The first-order valence-electron chi connectivity index (χ1n) is 9.08. The van der Waals surface area contributed by atoms with E-state index in [1.165, 1.54) is 5.56 Å². The highest BCUT2D eigenvalue weighted by Gasteiger charge is 2.40. The van der Waals surface area contributed by atoms with Crippen molar-refractivity contribution in [1.29, 1.82) is 0 Å². The lowest BCUT2D eigenvalue weighted by atomic mass is 9.89. The Hall–Kier alpha value is -2.84. The third kappa shape index (κ3) is 3.29. The van der Waals surface area contributed by atoms with Crippen molar-refractivity contribution in [3.05, 3.63) is 47.5 Å². The second-order valence-electron chi connectivity index (χ2n) is 7.29. The maximum absolute atomic E-state index is 5.74. The highest BCUT2D eigenvalue weighted by Crippen LogP contribution is 2.50. The predicted octanol–water partition coefficient (Wildman–Crippen LogP) is 3.18. The predicted molar refractivity (Wildman–Crippen MR) is 102 cm³/mol. The van der Waals surface area contributed by atoms with Gasteiger partial charge >= 0.3 is 0 Å². The van der Waals surface area contributed by atoms with E-state index in [2.05, 4.69) is 32.0 Å². The Morgan fingerprint density at radius 1 is 1.19 bits per heavy atom. The minimum Gasteiger partial charge on any atom is -0.492 e. The SMILES string of the molecule is COc1c2c(cc3c1[C@H](C#CCOc1ccccc1)[N+](C)(C)CC3)OCO2. The van der Waals surface area contributed by atoms with Crippen LogP contribution in [0.1, 0.15) is 17.2 Å². The van der Waals surface area contributed by atoms with Gasteiger partial charge in [0.1, 0.15) is 12.4 Å². The Morgan fingerprint density at radius 3 is 2.78 bits per heavy atom. The number of rotatable bonds is 3. The number of para-hydroxylation sites is 1. The second-order valence-corrected chi connectivity index (χ2v) is 7.29. The third-order valence-corrected chi connectivity index (χ3v) is 5.17. The van der Waals surface area contributed by atoms with Crippen molar-refractivity contribution >= 4 is 0 Å². The van der Waals surface area contributed by atoms with Crippen molar-refractivity contribution in [1.82, 2.24) is 0 Å². The van der Waals surface area contributed by atoms with Gasteiger partial charge in [-0.1, -0.05) is 24.1 Å². The summed E-state index contributed by atoms with van der Waals surface area (Å²) in [5.41, 5.74) is 2.32. The summed E-state index contributed by atoms with van der Waals surface area (Å²) in [5, 5.41) is 0. The molecule has 1 atom stereocenters. The molecular formula is C22H24NO4+. The molecule has 5 nitrogen and oxygen atoms in total. The maximum Gasteiger partial charge on any atom is 0.231 e. The molecule has 0 bridgehead atoms. The molecule has 140 valence electrons. The zero-order chi connectivity index (χ0) is 18.9. The molecule has 0 N–H and O–H groups in total. The lowest BCUT2D eigenvalue weighted by molar-refractivity contribution is -0.914. The highest BCUT2D eigenvalue weighted by atomic mass is 16.7. The van der Waals surface area contributed by atoms with Crippen LogP contribution in [0.5, 0.6) is 23.0 Å². The van der Waals surface area contributed by atoms with Gasteiger partial charge in [-0.3, -0.25) is 0 Å². The zero-order valence-electron chi connectivity index (χ0n) is 16.0. The normalized spacial score (nSPS) is 18.9. The first-order valence-corrected chi connectivity index (χ1v) is 9.08. The number of likely N-dealkylation sites (N-methyl/N-ethyl adjacent to an activating group) is 1. The van der Waals surface area contributed by atoms with E-state index < -0.39 is 0 Å². The summed E-state index contributed by atoms with van der Waals surface area (Å²) >= 11 is 0. The molecule has 5 heteroatoms. The van der Waals surface area contributed by atoms with Crippen LogP contribution in [0.25, 0.3) is 0 Å². The van der Waals surface area contributed by atoms with E-state index in [0.29, 0.717) is 12.4 Å². The van der Waals surface area contributed by atoms with Gasteiger partial charge in [-0.25, -0.2) is 0 Å². The van der Waals surface area contributed by atoms with Crippen LogP contribution in [0.2, 0.25) is 0 Å². The molecule has 27 heavy (non-hydrogen) atoms. The quantitative estimate of drug-likeness (QED) is 0.618. The molecule has 0 radical (unpaired) electrons. The molecule has 2 aromatic carbocycles. The van der Waals surface area contributed by atoms with E-state index in [0.717, 1.165) is 40.3 Å². The molecule has 2 aromatic rings. The Labute approximate surface area is 160 Å². The molecule has 0 aromatic heterocycles. The third-order valence-electron chi connectivity index (χ3n) is 5.17. The number of hydrogen-bond acceptors (Lipinski definition) is 4. The fourth-order valence-corrected chi connectivity index (χ4v) is 3.70. The zero-order valence-corrected chi connectivity index (χ0v) is 16.0. The largest absolute Gasteiger partial charge is 0.492 e. The summed E-state index contributed by atoms with van der Waals surface area (Å²) in [5.74, 6) is 9.64. The van der Waals surface area contributed by atoms with Gasteiger partial charge in [-0.05, 0) is 29.7 Å². The summed E-state index contributed by atoms with van der Waals surface area (Å²) in [7, 11) is 6.07. The van der Waals surface area contributed by atoms with Gasteiger partial charge in [0.2, 0.25) is 12.5 Å². The molecule has 0 unspecified atom stereocenters. The minimum absolute atomic E-state index is 0.0161. The van der Waals surface area contributed by atoms with Crippen molar-refractivity contribution in [2.24, 2.45) is 0 Å². The van der Waals surface area contributed by atoms with Gasteiger partial charge in [-0.15, -0.1) is 0 Å². The van der Waals surface area contributed by atoms with Crippen LogP contribution >= 0.6 is 0 Å². The number of benzene rings is 2. The molecule has 0 saturated carbocycles. The Morgan fingerprint density at radius 2 is 2.00 bits per heavy atom. The standard InChI is InChI=1S/C22H24NO4/c1-23(2)12-11-16-14-19-21(27-15-26-19)22(24-3)20(16)18(23)10-7-13-25-17-8-5-4-6-9-17/h4-6,8-9,14,18H,11-13,15H2,1-3H3/q+1/t18-/m0/s1. The van der Waals surface area contributed by atoms with E-state index in [9.17, 15) is 0 Å². The Bertz CT molecular complexity index is 896. The fraction of sp³-hybridized carbons (Fsp3) is 0.364. The van der Waals surface area contributed by atoms with Crippen molar-refractivity contribution in [2.45, 2.75) is 12.5 Å². The van der Waals surface area contributed by atoms with Gasteiger partial charge in [0.25, 0.3) is 0 Å². The summed E-state index contributed by atoms with van der Waals surface area (Å²) in [4.78, 5) is 0. The summed E-state index contributed by atoms with van der Waals surface area (Å²) in [6.45, 7) is 1.57. The lowest BCUT2D eigenvalue weighted by Gasteiger charge is -2.40. The monoisotopic (exact) mass is 366 g/mol. The van der Waals surface area contributed by atoms with E-state index in [4.69, 9.17) is 18.9 Å². The molecule has 0 amide bonds. The molecule has 2 heterocycles. The molecule has 2 aliphatic rings. The molecule has 0 fully saturated rings. The first kappa shape index (κ1) is 17.6. The molecule has 0 saturated heterocycles. The molecule has 2 aliphatic heterocycles. The number of methoxy groups -OCH3 is 1. The molecule has 4 rings (SSSR count). The van der Waals surface area contributed by atoms with Crippen molar-refractivity contribution in [2.75, 3.05) is 41.1 Å². The van der Waals surface area contributed by atoms with Gasteiger partial charge < -0.3 is 23.4 Å². The van der Waals surface area contributed by atoms with Crippen molar-refractivity contribution in [3.8, 4) is 34.8 Å². The number of quaternary nitrogens is 1. The van der Waals surface area contributed by atoms with Crippen LogP contribution in [0.3, 0.4) is 0 Å². The van der Waals surface area contributed by atoms with E-state index in [-0.39, 0.29) is 12.8 Å². The van der Waals surface area contributed by atoms with Crippen LogP contribution in [0.4, 0.5) is 0 Å². The van der Waals surface area contributed by atoms with Crippen molar-refractivity contribution in [3.63, 3.8) is 0 Å². The summed E-state index contributed by atoms with van der Waals surface area (Å²) < 4.78 is 23.5. The Balaban J connectivity index is 1.66. The number of hydrogen-bond donors (Lipinski definition) is 0. The van der Waals surface area contributed by atoms with Crippen LogP contribution in [0, 0.1) is 11.8 Å². The van der Waals surface area contributed by atoms with Crippen LogP contribution in [-0.2, 0) is 6.42 Å². The molecular weight excluding hydrogens is 342 g/mol. The van der Waals surface area contributed by atoms with Crippen LogP contribution in [0.15, 0.2) is 36.4 Å². The van der Waals surface area contributed by atoms with Crippen molar-refractivity contribution < 1.29 is 23.4 Å². The average molecular weight is 366 g/mol. The molecule has 0 aliphatic carbocycles. The van der Waals surface area contributed by atoms with E-state index in [1.54, 1.807) is 7.11 Å². The topological polar surface area (TPSA) is 36.9 Å². The Kier molecular flexibility index (Phi) is 4.59. The van der Waals surface area contributed by atoms with Gasteiger partial charge in [0.15, 0.2) is 17.5 Å². The summed E-state index contributed by atoms with van der Waals surface area (Å²) in [6, 6.07) is 11.8. The number of fused-ring (bicyclic) bond motifs is 2. The fourth-order valence-electron chi connectivity index (χ4n) is 3.70. The smallest absolute Gasteiger partial charge is 0.231 e. The average Bonchev–Trinajstić information content (AvgIpc) is 3.14. The first-order chi connectivity index (χ1) is 13.1. The molecule has 0 spiro atoms. The minimum atomic E-state index is -0.0161. The van der Waals surface area contributed by atoms with Crippen LogP contribution in [-0.4, -0.2) is 45.6 Å². The number of nitrogens with zero attached hydrogens (tertiary/aromatic N) is 1. The van der Waals surface area contributed by atoms with E-state index >= 15 is 0 Å². The van der Waals surface area contributed by atoms with Gasteiger partial charge in [0, 0.05) is 6.42 Å². The highest BCUT2D eigenvalue weighted by molar-refractivity contribution is 5.62. The van der Waals surface area contributed by atoms with Gasteiger partial charge in [0.05, 0.1) is 33.3 Å². The lowest BCUT2D eigenvalue weighted by Crippen LogP contribution is -2.47. The second kappa shape index (κ2) is 7.05. The van der Waals surface area contributed by atoms with Crippen LogP contribution < -0.4 is 18.9 Å². The number of ether oxygens (including phenoxy) is 4.